The van der Waals surface area contributed by atoms with Crippen molar-refractivity contribution in [1.82, 2.24) is 9.88 Å². The van der Waals surface area contributed by atoms with Crippen LogP contribution >= 0.6 is 0 Å². The third-order valence-corrected chi connectivity index (χ3v) is 5.57. The standard InChI is InChI=1S/C22H26FN3O3/c23-19-13-16(8-9-21(19)29-14-17-5-3-4-10-24-17)25-22(27)20-15-28-12-11-26(20)18-6-1-2-7-18/h3-5,8-10,13,18,20H,1-2,6-7,11-12,14-15H2,(H,25,27). The second-order valence-corrected chi connectivity index (χ2v) is 7.51. The molecular weight excluding hydrogens is 373 g/mol. The summed E-state index contributed by atoms with van der Waals surface area (Å²) in [6.07, 6.45) is 6.34. The van der Waals surface area contributed by atoms with E-state index in [1.807, 2.05) is 18.2 Å². The summed E-state index contributed by atoms with van der Waals surface area (Å²) in [6, 6.07) is 10.0. The van der Waals surface area contributed by atoms with E-state index in [2.05, 4.69) is 15.2 Å². The summed E-state index contributed by atoms with van der Waals surface area (Å²) in [4.78, 5) is 19.3. The van der Waals surface area contributed by atoms with E-state index in [9.17, 15) is 9.18 Å². The number of benzene rings is 1. The number of rotatable bonds is 6. The topological polar surface area (TPSA) is 63.7 Å². The van der Waals surface area contributed by atoms with Gasteiger partial charge in [0.25, 0.3) is 0 Å². The molecule has 1 aromatic carbocycles. The van der Waals surface area contributed by atoms with Gasteiger partial charge in [-0.3, -0.25) is 14.7 Å². The maximum Gasteiger partial charge on any atom is 0.244 e. The zero-order chi connectivity index (χ0) is 20.1. The number of carbonyl (C=O) groups excluding carboxylic acids is 1. The van der Waals surface area contributed by atoms with Crippen molar-refractivity contribution in [1.29, 1.82) is 0 Å². The van der Waals surface area contributed by atoms with Gasteiger partial charge in [-0.25, -0.2) is 4.39 Å². The van der Waals surface area contributed by atoms with E-state index >= 15 is 0 Å². The van der Waals surface area contributed by atoms with Crippen molar-refractivity contribution in [3.05, 3.63) is 54.1 Å². The highest BCUT2D eigenvalue weighted by atomic mass is 19.1. The van der Waals surface area contributed by atoms with E-state index in [1.54, 1.807) is 12.3 Å². The maximum absolute atomic E-state index is 14.4. The zero-order valence-electron chi connectivity index (χ0n) is 16.4. The Morgan fingerprint density at radius 3 is 2.90 bits per heavy atom. The second kappa shape index (κ2) is 9.33. The molecule has 29 heavy (non-hydrogen) atoms. The largest absolute Gasteiger partial charge is 0.484 e. The van der Waals surface area contributed by atoms with Crippen LogP contribution in [0.5, 0.6) is 5.75 Å². The van der Waals surface area contributed by atoms with Gasteiger partial charge in [0.15, 0.2) is 11.6 Å². The fourth-order valence-electron chi connectivity index (χ4n) is 4.07. The first-order valence-corrected chi connectivity index (χ1v) is 10.2. The van der Waals surface area contributed by atoms with E-state index in [0.717, 1.165) is 19.4 Å². The smallest absolute Gasteiger partial charge is 0.244 e. The minimum atomic E-state index is -0.522. The van der Waals surface area contributed by atoms with Gasteiger partial charge in [-0.15, -0.1) is 0 Å². The van der Waals surface area contributed by atoms with Crippen molar-refractivity contribution in [2.24, 2.45) is 0 Å². The molecule has 7 heteroatoms. The van der Waals surface area contributed by atoms with Crippen molar-refractivity contribution in [3.8, 4) is 5.75 Å². The fraction of sp³-hybridized carbons (Fsp3) is 0.455. The highest BCUT2D eigenvalue weighted by Gasteiger charge is 2.35. The Labute approximate surface area is 170 Å². The fourth-order valence-corrected chi connectivity index (χ4v) is 4.07. The van der Waals surface area contributed by atoms with Crippen molar-refractivity contribution >= 4 is 11.6 Å². The number of anilines is 1. The summed E-state index contributed by atoms with van der Waals surface area (Å²) in [5.41, 5.74) is 1.13. The van der Waals surface area contributed by atoms with Crippen LogP contribution in [-0.2, 0) is 16.1 Å². The third-order valence-electron chi connectivity index (χ3n) is 5.57. The predicted molar refractivity (Wildman–Crippen MR) is 107 cm³/mol. The van der Waals surface area contributed by atoms with Crippen LogP contribution in [0.3, 0.4) is 0 Å². The number of nitrogens with one attached hydrogen (secondary N) is 1. The van der Waals surface area contributed by atoms with Crippen molar-refractivity contribution in [2.45, 2.75) is 44.4 Å². The van der Waals surface area contributed by atoms with Crippen LogP contribution in [0.1, 0.15) is 31.4 Å². The minimum Gasteiger partial charge on any atom is -0.484 e. The van der Waals surface area contributed by atoms with Gasteiger partial charge >= 0.3 is 0 Å². The highest BCUT2D eigenvalue weighted by molar-refractivity contribution is 5.95. The van der Waals surface area contributed by atoms with Gasteiger partial charge < -0.3 is 14.8 Å². The first-order chi connectivity index (χ1) is 14.2. The van der Waals surface area contributed by atoms with E-state index in [1.165, 1.54) is 25.0 Å². The van der Waals surface area contributed by atoms with Crippen molar-refractivity contribution in [3.63, 3.8) is 0 Å². The molecule has 1 amide bonds. The lowest BCUT2D eigenvalue weighted by molar-refractivity contribution is -0.129. The zero-order valence-corrected chi connectivity index (χ0v) is 16.4. The normalized spacial score (nSPS) is 20.5. The van der Waals surface area contributed by atoms with Gasteiger partial charge in [-0.05, 0) is 37.1 Å². The Bertz CT molecular complexity index is 827. The molecule has 1 aromatic heterocycles. The van der Waals surface area contributed by atoms with Crippen LogP contribution in [-0.4, -0.2) is 47.6 Å². The number of aromatic nitrogens is 1. The summed E-state index contributed by atoms with van der Waals surface area (Å²) in [6.45, 7) is 1.96. The van der Waals surface area contributed by atoms with E-state index in [4.69, 9.17) is 9.47 Å². The Morgan fingerprint density at radius 2 is 2.14 bits per heavy atom. The molecule has 1 atom stereocenters. The average Bonchev–Trinajstić information content (AvgIpc) is 3.29. The van der Waals surface area contributed by atoms with E-state index in [-0.39, 0.29) is 24.3 Å². The number of nitrogens with zero attached hydrogens (tertiary/aromatic N) is 2. The molecule has 6 nitrogen and oxygen atoms in total. The van der Waals surface area contributed by atoms with E-state index < -0.39 is 5.82 Å². The molecule has 1 saturated heterocycles. The molecule has 1 N–H and O–H groups in total. The molecule has 2 fully saturated rings. The minimum absolute atomic E-state index is 0.127. The van der Waals surface area contributed by atoms with Gasteiger partial charge in [-0.1, -0.05) is 18.9 Å². The molecule has 4 rings (SSSR count). The van der Waals surface area contributed by atoms with Gasteiger partial charge in [0.1, 0.15) is 12.6 Å². The quantitative estimate of drug-likeness (QED) is 0.807. The summed E-state index contributed by atoms with van der Waals surface area (Å²) < 4.78 is 25.5. The number of morpholine rings is 1. The van der Waals surface area contributed by atoms with Crippen molar-refractivity contribution in [2.75, 3.05) is 25.1 Å². The number of ether oxygens (including phenoxy) is 2. The Balaban J connectivity index is 1.38. The lowest BCUT2D eigenvalue weighted by Crippen LogP contribution is -2.55. The molecule has 1 aliphatic heterocycles. The monoisotopic (exact) mass is 399 g/mol. The number of amides is 1. The number of pyridine rings is 1. The predicted octanol–water partition coefficient (Wildman–Crippen LogP) is 3.38. The lowest BCUT2D eigenvalue weighted by atomic mass is 10.1. The van der Waals surface area contributed by atoms with Gasteiger partial charge in [-0.2, -0.15) is 0 Å². The summed E-state index contributed by atoms with van der Waals surface area (Å²) >= 11 is 0. The summed E-state index contributed by atoms with van der Waals surface area (Å²) in [5, 5.41) is 2.84. The first kappa shape index (κ1) is 19.8. The Hall–Kier alpha value is -2.51. The van der Waals surface area contributed by atoms with Crippen LogP contribution in [0.15, 0.2) is 42.6 Å². The molecule has 2 aromatic rings. The van der Waals surface area contributed by atoms with Crippen LogP contribution in [0.25, 0.3) is 0 Å². The maximum atomic E-state index is 14.4. The number of halogens is 1. The molecule has 1 unspecified atom stereocenters. The van der Waals surface area contributed by atoms with Gasteiger partial charge in [0.05, 0.1) is 18.9 Å². The first-order valence-electron chi connectivity index (χ1n) is 10.2. The molecule has 0 radical (unpaired) electrons. The molecule has 2 aliphatic rings. The second-order valence-electron chi connectivity index (χ2n) is 7.51. The Kier molecular flexibility index (Phi) is 6.36. The molecule has 1 saturated carbocycles. The summed E-state index contributed by atoms with van der Waals surface area (Å²) in [7, 11) is 0. The van der Waals surface area contributed by atoms with Gasteiger partial charge in [0, 0.05) is 30.5 Å². The lowest BCUT2D eigenvalue weighted by Gasteiger charge is -2.38. The average molecular weight is 399 g/mol. The summed E-state index contributed by atoms with van der Waals surface area (Å²) in [5.74, 6) is -0.549. The van der Waals surface area contributed by atoms with Crippen LogP contribution in [0, 0.1) is 5.82 Å². The van der Waals surface area contributed by atoms with E-state index in [0.29, 0.717) is 30.6 Å². The van der Waals surface area contributed by atoms with Gasteiger partial charge in [0.2, 0.25) is 5.91 Å². The van der Waals surface area contributed by atoms with Crippen LogP contribution in [0.2, 0.25) is 0 Å². The molecule has 0 spiro atoms. The Morgan fingerprint density at radius 1 is 1.28 bits per heavy atom. The van der Waals surface area contributed by atoms with Crippen LogP contribution < -0.4 is 10.1 Å². The SMILES string of the molecule is O=C(Nc1ccc(OCc2ccccn2)c(F)c1)C1COCCN1C1CCCC1. The number of hydrogen-bond acceptors (Lipinski definition) is 5. The molecule has 154 valence electrons. The molecule has 0 bridgehead atoms. The molecule has 2 heterocycles. The molecule has 1 aliphatic carbocycles. The third kappa shape index (κ3) is 4.92. The highest BCUT2D eigenvalue weighted by Crippen LogP contribution is 2.27. The number of carbonyl (C=O) groups is 1. The number of hydrogen-bond donors (Lipinski definition) is 1. The van der Waals surface area contributed by atoms with Crippen molar-refractivity contribution < 1.29 is 18.7 Å². The van der Waals surface area contributed by atoms with Crippen LogP contribution in [0.4, 0.5) is 10.1 Å². The molecular formula is C22H26FN3O3.